The quantitative estimate of drug-likeness (QED) is 0.158. The molecule has 0 amide bonds. The van der Waals surface area contributed by atoms with Gasteiger partial charge in [0, 0.05) is 32.5 Å². The van der Waals surface area contributed by atoms with Crippen molar-refractivity contribution in [2.75, 3.05) is 0 Å². The highest BCUT2D eigenvalue weighted by Gasteiger charge is 2.47. The molecule has 6 aromatic rings. The van der Waals surface area contributed by atoms with Crippen molar-refractivity contribution in [2.24, 2.45) is 9.98 Å². The predicted molar refractivity (Wildman–Crippen MR) is 216 cm³/mol. The van der Waals surface area contributed by atoms with E-state index in [0.717, 1.165) is 72.0 Å². The lowest BCUT2D eigenvalue weighted by Gasteiger charge is -2.40. The van der Waals surface area contributed by atoms with Crippen LogP contribution in [0.2, 0.25) is 0 Å². The first kappa shape index (κ1) is 33.3. The van der Waals surface area contributed by atoms with Gasteiger partial charge in [-0.3, -0.25) is 9.59 Å². The Labute approximate surface area is 328 Å². The first-order chi connectivity index (χ1) is 26.9. The van der Waals surface area contributed by atoms with E-state index in [9.17, 15) is 30.6 Å². The van der Waals surface area contributed by atoms with Gasteiger partial charge in [0.2, 0.25) is 11.6 Å². The molecule has 5 heterocycles. The Kier molecular flexibility index (Phi) is 7.48. The highest BCUT2D eigenvalue weighted by Crippen LogP contribution is 2.63. The Hall–Kier alpha value is -6.32. The minimum absolute atomic E-state index is 0.0918. The summed E-state index contributed by atoms with van der Waals surface area (Å²) >= 11 is 6.22. The molecule has 1 aliphatic heterocycles. The summed E-state index contributed by atoms with van der Waals surface area (Å²) in [5.41, 5.74) is 2.95. The number of allylic oxidation sites excluding steroid dienone is 4. The van der Waals surface area contributed by atoms with Crippen LogP contribution in [0.1, 0.15) is 69.5 Å². The van der Waals surface area contributed by atoms with Gasteiger partial charge in [-0.2, -0.15) is 21.0 Å². The zero-order chi connectivity index (χ0) is 37.6. The molecule has 2 aromatic carbocycles. The molecule has 1 saturated carbocycles. The molecule has 260 valence electrons. The van der Waals surface area contributed by atoms with Gasteiger partial charge in [0.15, 0.2) is 5.75 Å². The van der Waals surface area contributed by atoms with Crippen LogP contribution in [-0.4, -0.2) is 23.0 Å². The predicted octanol–water partition coefficient (Wildman–Crippen LogP) is 11.0. The summed E-state index contributed by atoms with van der Waals surface area (Å²) in [7, 11) is 0. The number of ketones is 2. The van der Waals surface area contributed by atoms with E-state index in [0.29, 0.717) is 32.3 Å². The van der Waals surface area contributed by atoms with Crippen LogP contribution in [0.25, 0.3) is 39.7 Å². The number of hydrogen-bond donors (Lipinski definition) is 0. The molecule has 10 rings (SSSR count). The Morgan fingerprint density at radius 1 is 0.618 bits per heavy atom. The number of Topliss-reactive ketones (excluding diaryl/α,β-unsaturated/α-hetero) is 2. The number of aliphatic imine (C=N–C) groups is 2. The van der Waals surface area contributed by atoms with Gasteiger partial charge < -0.3 is 4.74 Å². The SMILES string of the molecule is N#CC(C#N)=C1/C(=N/c2cc3sc4c(c3s2)OC2(CCCCC2)c2c-4sc3cc(/N=C4\C(=O)c5ccccc5C4=C(C#N)C#N)sc23)C(=O)c2ccccc21. The van der Waals surface area contributed by atoms with Gasteiger partial charge in [-0.05, 0) is 48.9 Å². The molecule has 0 atom stereocenters. The second-order valence-corrected chi connectivity index (χ2v) is 17.6. The number of carbonyl (C=O) groups is 2. The lowest BCUT2D eigenvalue weighted by atomic mass is 9.78. The molecular weight excluding hydrogens is 765 g/mol. The van der Waals surface area contributed by atoms with E-state index in [1.165, 1.54) is 22.7 Å². The number of ether oxygens (including phenoxy) is 1. The minimum atomic E-state index is -0.565. The molecule has 0 radical (unpaired) electrons. The summed E-state index contributed by atoms with van der Waals surface area (Å²) in [6.45, 7) is 0. The Morgan fingerprint density at radius 2 is 1.09 bits per heavy atom. The zero-order valence-corrected chi connectivity index (χ0v) is 31.6. The first-order valence-corrected chi connectivity index (χ1v) is 20.5. The van der Waals surface area contributed by atoms with E-state index >= 15 is 0 Å². The molecule has 1 spiro atoms. The summed E-state index contributed by atoms with van der Waals surface area (Å²) < 4.78 is 11.2. The van der Waals surface area contributed by atoms with Crippen LogP contribution in [0.15, 0.2) is 81.8 Å². The fraction of sp³-hybridized carbons (Fsp3) is 0.143. The van der Waals surface area contributed by atoms with Crippen molar-refractivity contribution in [3.05, 3.63) is 99.6 Å². The maximum absolute atomic E-state index is 13.6. The highest BCUT2D eigenvalue weighted by molar-refractivity contribution is 7.36. The van der Waals surface area contributed by atoms with Crippen LogP contribution in [0, 0.1) is 45.3 Å². The molecular formula is C42H20N6O3S4. The van der Waals surface area contributed by atoms with Crippen molar-refractivity contribution < 1.29 is 14.3 Å². The number of benzene rings is 2. The zero-order valence-electron chi connectivity index (χ0n) is 28.4. The molecule has 3 aliphatic carbocycles. The molecule has 0 N–H and O–H groups in total. The van der Waals surface area contributed by atoms with Crippen LogP contribution < -0.4 is 4.74 Å². The maximum atomic E-state index is 13.6. The lowest BCUT2D eigenvalue weighted by molar-refractivity contribution is 0.0282. The molecule has 0 unspecified atom stereocenters. The number of thiophene rings is 4. The third kappa shape index (κ3) is 4.75. The van der Waals surface area contributed by atoms with Gasteiger partial charge in [0.1, 0.15) is 62.4 Å². The summed E-state index contributed by atoms with van der Waals surface area (Å²) in [6.07, 6.45) is 4.80. The number of carbonyl (C=O) groups excluding carboxylic acids is 2. The molecule has 13 heteroatoms. The van der Waals surface area contributed by atoms with Crippen LogP contribution in [0.4, 0.5) is 10.0 Å². The molecule has 55 heavy (non-hydrogen) atoms. The minimum Gasteiger partial charge on any atom is -0.479 e. The summed E-state index contributed by atoms with van der Waals surface area (Å²) in [5, 5.41) is 40.3. The van der Waals surface area contributed by atoms with Gasteiger partial charge in [-0.1, -0.05) is 55.0 Å². The monoisotopic (exact) mass is 784 g/mol. The van der Waals surface area contributed by atoms with Crippen LogP contribution >= 0.6 is 45.3 Å². The van der Waals surface area contributed by atoms with Gasteiger partial charge in [0.05, 0.1) is 23.9 Å². The number of rotatable bonds is 2. The highest BCUT2D eigenvalue weighted by atomic mass is 32.1. The van der Waals surface area contributed by atoms with E-state index in [2.05, 4.69) is 0 Å². The summed E-state index contributed by atoms with van der Waals surface area (Å²) in [6, 6.07) is 25.7. The first-order valence-electron chi connectivity index (χ1n) is 17.3. The molecule has 4 aliphatic rings. The Balaban J connectivity index is 1.10. The molecule has 4 aromatic heterocycles. The third-order valence-electron chi connectivity index (χ3n) is 10.5. The van der Waals surface area contributed by atoms with Crippen LogP contribution in [-0.2, 0) is 5.60 Å². The normalized spacial score (nSPS) is 17.7. The molecule has 0 saturated heterocycles. The standard InChI is InChI=1S/C42H20N6O3S4/c43-16-20(17-44)30-22-8-2-4-10-24(22)35(49)33(30)47-28-14-26-38(54-28)32-40(52-26)41-37(51-42(32)12-6-1-7-13-42)39-27(53-41)15-29(55-39)48-34-31(21(18-45)19-46)23-9-3-5-11-25(23)36(34)50/h2-5,8-11,14-15H,1,6-7,12-13H2/b47-33-,48-34-. The molecule has 1 fully saturated rings. The van der Waals surface area contributed by atoms with Crippen molar-refractivity contribution in [3.8, 4) is 39.8 Å². The van der Waals surface area contributed by atoms with E-state index in [4.69, 9.17) is 14.7 Å². The average Bonchev–Trinajstić information content (AvgIpc) is 4.04. The maximum Gasteiger partial charge on any atom is 0.212 e. The second kappa shape index (κ2) is 12.4. The molecule has 0 bridgehead atoms. The van der Waals surface area contributed by atoms with Crippen molar-refractivity contribution in [3.63, 3.8) is 0 Å². The number of hydrogen-bond acceptors (Lipinski definition) is 13. The van der Waals surface area contributed by atoms with Crippen LogP contribution in [0.3, 0.4) is 0 Å². The van der Waals surface area contributed by atoms with Crippen LogP contribution in [0.5, 0.6) is 5.75 Å². The van der Waals surface area contributed by atoms with E-state index < -0.39 is 5.60 Å². The van der Waals surface area contributed by atoms with E-state index in [1.54, 1.807) is 71.2 Å². The van der Waals surface area contributed by atoms with Crippen molar-refractivity contribution in [2.45, 2.75) is 37.7 Å². The molecule has 9 nitrogen and oxygen atoms in total. The van der Waals surface area contributed by atoms with Gasteiger partial charge >= 0.3 is 0 Å². The fourth-order valence-electron chi connectivity index (χ4n) is 8.13. The summed E-state index contributed by atoms with van der Waals surface area (Å²) in [4.78, 5) is 38.9. The number of nitriles is 4. The Morgan fingerprint density at radius 3 is 1.62 bits per heavy atom. The topological polar surface area (TPSA) is 163 Å². The average molecular weight is 785 g/mol. The van der Waals surface area contributed by atoms with Crippen molar-refractivity contribution >= 4 is 108 Å². The third-order valence-corrected chi connectivity index (χ3v) is 15.2. The van der Waals surface area contributed by atoms with E-state index in [1.807, 2.05) is 36.4 Å². The van der Waals surface area contributed by atoms with Crippen molar-refractivity contribution in [1.29, 1.82) is 21.0 Å². The lowest BCUT2D eigenvalue weighted by Crippen LogP contribution is -2.37. The number of nitrogens with zero attached hydrogens (tertiary/aromatic N) is 6. The van der Waals surface area contributed by atoms with Gasteiger partial charge in [-0.15, -0.1) is 45.3 Å². The number of fused-ring (bicyclic) bond motifs is 10. The summed E-state index contributed by atoms with van der Waals surface area (Å²) in [5.74, 6) is 0.190. The van der Waals surface area contributed by atoms with Gasteiger partial charge in [0.25, 0.3) is 0 Å². The largest absolute Gasteiger partial charge is 0.479 e. The van der Waals surface area contributed by atoms with E-state index in [-0.39, 0.29) is 45.3 Å². The fourth-order valence-corrected chi connectivity index (χ4v) is 13.3. The second-order valence-electron chi connectivity index (χ2n) is 13.4. The van der Waals surface area contributed by atoms with Gasteiger partial charge in [-0.25, -0.2) is 9.98 Å². The van der Waals surface area contributed by atoms with Crippen molar-refractivity contribution in [1.82, 2.24) is 0 Å². The Bertz CT molecular complexity index is 3060. The smallest absolute Gasteiger partial charge is 0.212 e.